The second-order valence-electron chi connectivity index (χ2n) is 6.72. The Morgan fingerprint density at radius 2 is 1.75 bits per heavy atom. The van der Waals surface area contributed by atoms with Crippen molar-refractivity contribution in [2.45, 2.75) is 20.8 Å². The number of nitrogens with zero attached hydrogens (tertiary/aromatic N) is 1. The molecule has 0 unspecified atom stereocenters. The Morgan fingerprint density at radius 3 is 2.36 bits per heavy atom. The van der Waals surface area contributed by atoms with E-state index in [1.165, 1.54) is 6.07 Å². The molecule has 0 aliphatic heterocycles. The van der Waals surface area contributed by atoms with Crippen LogP contribution in [0.4, 0.5) is 5.69 Å². The summed E-state index contributed by atoms with van der Waals surface area (Å²) in [6.45, 7) is 5.95. The standard InChI is InChI=1S/C20H25ClN2O4S/c1-14-9-15(2)11-18(10-14)27-8-7-22-20(24)13-23(28(4,25)26)19-12-17(21)6-5-16(19)3/h5-6,9-12H,7-8,13H2,1-4H3,(H,22,24). The minimum Gasteiger partial charge on any atom is -0.492 e. The number of amides is 1. The fourth-order valence-electron chi connectivity index (χ4n) is 2.79. The Bertz CT molecular complexity index is 940. The SMILES string of the molecule is Cc1cc(C)cc(OCCNC(=O)CN(c2cc(Cl)ccc2C)S(C)(=O)=O)c1. The molecule has 0 radical (unpaired) electrons. The number of halogens is 1. The maximum Gasteiger partial charge on any atom is 0.240 e. The van der Waals surface area contributed by atoms with Crippen molar-refractivity contribution in [1.82, 2.24) is 5.32 Å². The van der Waals surface area contributed by atoms with Gasteiger partial charge < -0.3 is 10.1 Å². The van der Waals surface area contributed by atoms with E-state index in [0.717, 1.165) is 27.4 Å². The summed E-state index contributed by atoms with van der Waals surface area (Å²) in [5.41, 5.74) is 3.29. The first-order valence-corrected chi connectivity index (χ1v) is 11.0. The lowest BCUT2D eigenvalue weighted by Crippen LogP contribution is -2.41. The van der Waals surface area contributed by atoms with E-state index in [1.807, 2.05) is 32.0 Å². The van der Waals surface area contributed by atoms with Crippen molar-refractivity contribution in [2.24, 2.45) is 0 Å². The van der Waals surface area contributed by atoms with Gasteiger partial charge in [-0.15, -0.1) is 0 Å². The summed E-state index contributed by atoms with van der Waals surface area (Å²) in [6, 6.07) is 10.8. The van der Waals surface area contributed by atoms with Crippen LogP contribution in [0, 0.1) is 20.8 Å². The van der Waals surface area contributed by atoms with Gasteiger partial charge in [0.1, 0.15) is 18.9 Å². The molecule has 0 saturated carbocycles. The number of anilines is 1. The van der Waals surface area contributed by atoms with Gasteiger partial charge in [-0.3, -0.25) is 9.10 Å². The molecule has 0 aromatic heterocycles. The van der Waals surface area contributed by atoms with Crippen molar-refractivity contribution in [3.05, 3.63) is 58.1 Å². The number of ether oxygens (including phenoxy) is 1. The normalized spacial score (nSPS) is 11.2. The number of aryl methyl sites for hydroxylation is 3. The van der Waals surface area contributed by atoms with Crippen LogP contribution in [-0.2, 0) is 14.8 Å². The van der Waals surface area contributed by atoms with E-state index in [0.29, 0.717) is 16.3 Å². The van der Waals surface area contributed by atoms with Crippen LogP contribution in [0.2, 0.25) is 5.02 Å². The second kappa shape index (κ2) is 9.30. The van der Waals surface area contributed by atoms with Gasteiger partial charge in [0.25, 0.3) is 0 Å². The van der Waals surface area contributed by atoms with Crippen LogP contribution in [-0.4, -0.2) is 40.3 Å². The predicted molar refractivity (Wildman–Crippen MR) is 113 cm³/mol. The maximum atomic E-state index is 12.3. The highest BCUT2D eigenvalue weighted by Crippen LogP contribution is 2.26. The van der Waals surface area contributed by atoms with E-state index in [9.17, 15) is 13.2 Å². The zero-order valence-electron chi connectivity index (χ0n) is 16.5. The second-order valence-corrected chi connectivity index (χ2v) is 9.07. The average molecular weight is 425 g/mol. The van der Waals surface area contributed by atoms with Gasteiger partial charge >= 0.3 is 0 Å². The lowest BCUT2D eigenvalue weighted by Gasteiger charge is -2.23. The zero-order valence-corrected chi connectivity index (χ0v) is 18.0. The van der Waals surface area contributed by atoms with Crippen molar-refractivity contribution < 1.29 is 17.9 Å². The molecule has 0 aliphatic rings. The molecule has 6 nitrogen and oxygen atoms in total. The zero-order chi connectivity index (χ0) is 20.9. The van der Waals surface area contributed by atoms with Crippen LogP contribution in [0.25, 0.3) is 0 Å². The summed E-state index contributed by atoms with van der Waals surface area (Å²) in [5.74, 6) is 0.313. The third kappa shape index (κ3) is 6.42. The molecular formula is C20H25ClN2O4S. The van der Waals surface area contributed by atoms with Gasteiger partial charge in [0, 0.05) is 5.02 Å². The average Bonchev–Trinajstić information content (AvgIpc) is 2.57. The summed E-state index contributed by atoms with van der Waals surface area (Å²) in [5, 5.41) is 3.09. The summed E-state index contributed by atoms with van der Waals surface area (Å²) < 4.78 is 31.1. The smallest absolute Gasteiger partial charge is 0.240 e. The quantitative estimate of drug-likeness (QED) is 0.660. The first-order valence-electron chi connectivity index (χ1n) is 8.78. The van der Waals surface area contributed by atoms with Crippen LogP contribution in [0.1, 0.15) is 16.7 Å². The van der Waals surface area contributed by atoms with E-state index >= 15 is 0 Å². The fraction of sp³-hybridized carbons (Fsp3) is 0.350. The van der Waals surface area contributed by atoms with Gasteiger partial charge in [0.15, 0.2) is 0 Å². The molecule has 0 aliphatic carbocycles. The lowest BCUT2D eigenvalue weighted by molar-refractivity contribution is -0.119. The van der Waals surface area contributed by atoms with Crippen LogP contribution < -0.4 is 14.4 Å². The number of carbonyl (C=O) groups excluding carboxylic acids is 1. The number of sulfonamides is 1. The molecule has 0 bridgehead atoms. The number of benzene rings is 2. The molecule has 2 rings (SSSR count). The molecule has 152 valence electrons. The molecular weight excluding hydrogens is 400 g/mol. The summed E-state index contributed by atoms with van der Waals surface area (Å²) >= 11 is 5.99. The predicted octanol–water partition coefficient (Wildman–Crippen LogP) is 3.23. The minimum atomic E-state index is -3.65. The third-order valence-corrected chi connectivity index (χ3v) is 5.38. The number of hydrogen-bond acceptors (Lipinski definition) is 4. The highest BCUT2D eigenvalue weighted by Gasteiger charge is 2.22. The Kier molecular flexibility index (Phi) is 7.32. The van der Waals surface area contributed by atoms with Crippen molar-refractivity contribution in [3.8, 4) is 5.75 Å². The summed E-state index contributed by atoms with van der Waals surface area (Å²) in [6.07, 6.45) is 1.06. The Balaban J connectivity index is 1.96. The van der Waals surface area contributed by atoms with E-state index < -0.39 is 15.9 Å². The highest BCUT2D eigenvalue weighted by molar-refractivity contribution is 7.92. The van der Waals surface area contributed by atoms with Gasteiger partial charge in [-0.2, -0.15) is 0 Å². The van der Waals surface area contributed by atoms with Gasteiger partial charge in [0.05, 0.1) is 18.5 Å². The van der Waals surface area contributed by atoms with Crippen LogP contribution in [0.5, 0.6) is 5.75 Å². The van der Waals surface area contributed by atoms with E-state index in [2.05, 4.69) is 5.32 Å². The molecule has 0 saturated heterocycles. The Hall–Kier alpha value is -2.25. The fourth-order valence-corrected chi connectivity index (χ4v) is 3.87. The Labute approximate surface area is 171 Å². The van der Waals surface area contributed by atoms with Crippen molar-refractivity contribution >= 4 is 33.2 Å². The molecule has 0 fully saturated rings. The molecule has 1 amide bonds. The van der Waals surface area contributed by atoms with Gasteiger partial charge in [-0.05, 0) is 61.7 Å². The maximum absolute atomic E-state index is 12.3. The van der Waals surface area contributed by atoms with Gasteiger partial charge in [0.2, 0.25) is 15.9 Å². The molecule has 0 spiro atoms. The van der Waals surface area contributed by atoms with E-state index in [4.69, 9.17) is 16.3 Å². The van der Waals surface area contributed by atoms with Crippen LogP contribution in [0.15, 0.2) is 36.4 Å². The first kappa shape index (κ1) is 22.0. The molecule has 28 heavy (non-hydrogen) atoms. The topological polar surface area (TPSA) is 75.7 Å². The van der Waals surface area contributed by atoms with Crippen molar-refractivity contribution in [1.29, 1.82) is 0 Å². The number of nitrogens with one attached hydrogen (secondary N) is 1. The monoisotopic (exact) mass is 424 g/mol. The van der Waals surface area contributed by atoms with Crippen molar-refractivity contribution in [3.63, 3.8) is 0 Å². The Morgan fingerprint density at radius 1 is 1.11 bits per heavy atom. The number of rotatable bonds is 8. The van der Waals surface area contributed by atoms with Crippen LogP contribution >= 0.6 is 11.6 Å². The molecule has 8 heteroatoms. The first-order chi connectivity index (χ1) is 13.1. The molecule has 1 N–H and O–H groups in total. The molecule has 0 heterocycles. The van der Waals surface area contributed by atoms with Crippen LogP contribution in [0.3, 0.4) is 0 Å². The largest absolute Gasteiger partial charge is 0.492 e. The molecule has 2 aromatic carbocycles. The van der Waals surface area contributed by atoms with Crippen molar-refractivity contribution in [2.75, 3.05) is 30.3 Å². The number of carbonyl (C=O) groups is 1. The molecule has 2 aromatic rings. The minimum absolute atomic E-state index is 0.262. The molecule has 0 atom stereocenters. The number of hydrogen-bond donors (Lipinski definition) is 1. The van der Waals surface area contributed by atoms with E-state index in [-0.39, 0.29) is 19.7 Å². The highest BCUT2D eigenvalue weighted by atomic mass is 35.5. The van der Waals surface area contributed by atoms with Gasteiger partial charge in [-0.1, -0.05) is 23.7 Å². The summed E-state index contributed by atoms with van der Waals surface area (Å²) in [4.78, 5) is 12.3. The third-order valence-electron chi connectivity index (χ3n) is 4.02. The van der Waals surface area contributed by atoms with Gasteiger partial charge in [-0.25, -0.2) is 8.42 Å². The van der Waals surface area contributed by atoms with E-state index in [1.54, 1.807) is 19.1 Å². The summed E-state index contributed by atoms with van der Waals surface area (Å²) in [7, 11) is -3.65. The lowest BCUT2D eigenvalue weighted by atomic mass is 10.1.